The highest BCUT2D eigenvalue weighted by Crippen LogP contribution is 2.26. The number of hydrogen-bond donors (Lipinski definition) is 2. The SMILES string of the molecule is O=C(Nc1cccc(C(=O)N2CCCCC2C(=O)O)c1)C1CCCCC1. The maximum absolute atomic E-state index is 12.8. The van der Waals surface area contributed by atoms with E-state index in [0.29, 0.717) is 24.2 Å². The third-order valence-electron chi connectivity index (χ3n) is 5.40. The van der Waals surface area contributed by atoms with Crippen LogP contribution in [0.4, 0.5) is 5.69 Å². The van der Waals surface area contributed by atoms with Crippen LogP contribution < -0.4 is 5.32 Å². The predicted molar refractivity (Wildman–Crippen MR) is 98.0 cm³/mol. The van der Waals surface area contributed by atoms with Crippen LogP contribution in [0, 0.1) is 5.92 Å². The number of aliphatic carboxylic acids is 1. The van der Waals surface area contributed by atoms with Gasteiger partial charge < -0.3 is 15.3 Å². The van der Waals surface area contributed by atoms with Crippen molar-refractivity contribution >= 4 is 23.5 Å². The summed E-state index contributed by atoms with van der Waals surface area (Å²) in [6.07, 6.45) is 7.31. The van der Waals surface area contributed by atoms with Crippen molar-refractivity contribution in [2.75, 3.05) is 11.9 Å². The van der Waals surface area contributed by atoms with Crippen molar-refractivity contribution in [2.24, 2.45) is 5.92 Å². The van der Waals surface area contributed by atoms with E-state index >= 15 is 0 Å². The number of nitrogens with one attached hydrogen (secondary N) is 1. The van der Waals surface area contributed by atoms with Crippen LogP contribution in [0.1, 0.15) is 61.7 Å². The molecule has 0 aromatic heterocycles. The standard InChI is InChI=1S/C20H26N2O4/c23-18(14-7-2-1-3-8-14)21-16-10-6-9-15(13-16)19(24)22-12-5-4-11-17(22)20(25)26/h6,9-10,13-14,17H,1-5,7-8,11-12H2,(H,21,23)(H,25,26). The van der Waals surface area contributed by atoms with E-state index in [1.165, 1.54) is 11.3 Å². The number of piperidine rings is 1. The number of likely N-dealkylation sites (tertiary alicyclic amines) is 1. The smallest absolute Gasteiger partial charge is 0.326 e. The van der Waals surface area contributed by atoms with E-state index in [1.54, 1.807) is 24.3 Å². The van der Waals surface area contributed by atoms with Gasteiger partial charge in [-0.05, 0) is 50.3 Å². The Morgan fingerprint density at radius 3 is 2.46 bits per heavy atom. The first-order chi connectivity index (χ1) is 12.6. The van der Waals surface area contributed by atoms with Gasteiger partial charge in [-0.1, -0.05) is 25.3 Å². The Labute approximate surface area is 153 Å². The van der Waals surface area contributed by atoms with Crippen molar-refractivity contribution in [3.05, 3.63) is 29.8 Å². The monoisotopic (exact) mass is 358 g/mol. The zero-order chi connectivity index (χ0) is 18.5. The molecule has 1 saturated heterocycles. The first kappa shape index (κ1) is 18.4. The summed E-state index contributed by atoms with van der Waals surface area (Å²) in [6, 6.07) is 6.05. The Bertz CT molecular complexity index is 682. The molecule has 1 aliphatic heterocycles. The lowest BCUT2D eigenvalue weighted by molar-refractivity contribution is -0.143. The van der Waals surface area contributed by atoms with Crippen molar-refractivity contribution in [1.82, 2.24) is 4.90 Å². The van der Waals surface area contributed by atoms with Gasteiger partial charge in [0.25, 0.3) is 5.91 Å². The van der Waals surface area contributed by atoms with Crippen molar-refractivity contribution in [3.63, 3.8) is 0 Å². The number of rotatable bonds is 4. The molecule has 2 fully saturated rings. The van der Waals surface area contributed by atoms with Gasteiger partial charge in [0.05, 0.1) is 0 Å². The number of amides is 2. The molecule has 3 rings (SSSR count). The number of carboxylic acid groups (broad SMARTS) is 1. The van der Waals surface area contributed by atoms with E-state index in [0.717, 1.165) is 38.5 Å². The molecule has 1 saturated carbocycles. The molecule has 1 atom stereocenters. The van der Waals surface area contributed by atoms with Crippen LogP contribution in [-0.2, 0) is 9.59 Å². The third-order valence-corrected chi connectivity index (χ3v) is 5.40. The van der Waals surface area contributed by atoms with Gasteiger partial charge in [-0.2, -0.15) is 0 Å². The molecular weight excluding hydrogens is 332 g/mol. The van der Waals surface area contributed by atoms with Gasteiger partial charge in [-0.15, -0.1) is 0 Å². The Balaban J connectivity index is 1.70. The average molecular weight is 358 g/mol. The zero-order valence-electron chi connectivity index (χ0n) is 14.9. The fraction of sp³-hybridized carbons (Fsp3) is 0.550. The molecule has 1 heterocycles. The van der Waals surface area contributed by atoms with E-state index in [2.05, 4.69) is 5.32 Å². The Kier molecular flexibility index (Phi) is 5.91. The fourth-order valence-electron chi connectivity index (χ4n) is 3.94. The normalized spacial score (nSPS) is 21.2. The second-order valence-electron chi connectivity index (χ2n) is 7.25. The highest BCUT2D eigenvalue weighted by molar-refractivity contribution is 5.99. The number of anilines is 1. The summed E-state index contributed by atoms with van der Waals surface area (Å²) in [7, 11) is 0. The van der Waals surface area contributed by atoms with Crippen molar-refractivity contribution in [1.29, 1.82) is 0 Å². The molecule has 0 radical (unpaired) electrons. The number of carboxylic acids is 1. The maximum Gasteiger partial charge on any atom is 0.326 e. The second-order valence-corrected chi connectivity index (χ2v) is 7.25. The van der Waals surface area contributed by atoms with E-state index in [9.17, 15) is 19.5 Å². The summed E-state index contributed by atoms with van der Waals surface area (Å²) in [5, 5.41) is 12.3. The Morgan fingerprint density at radius 2 is 1.73 bits per heavy atom. The number of nitrogens with zero attached hydrogens (tertiary/aromatic N) is 1. The molecule has 1 aromatic rings. The van der Waals surface area contributed by atoms with Crippen molar-refractivity contribution in [3.8, 4) is 0 Å². The highest BCUT2D eigenvalue weighted by atomic mass is 16.4. The Hall–Kier alpha value is -2.37. The first-order valence-corrected chi connectivity index (χ1v) is 9.51. The number of hydrogen-bond acceptors (Lipinski definition) is 3. The van der Waals surface area contributed by atoms with Gasteiger partial charge in [0.15, 0.2) is 0 Å². The molecule has 1 aromatic carbocycles. The molecule has 0 bridgehead atoms. The van der Waals surface area contributed by atoms with Gasteiger partial charge in [0.1, 0.15) is 6.04 Å². The molecule has 1 aliphatic carbocycles. The van der Waals surface area contributed by atoms with Gasteiger partial charge in [-0.25, -0.2) is 4.79 Å². The lowest BCUT2D eigenvalue weighted by atomic mass is 9.88. The molecule has 6 nitrogen and oxygen atoms in total. The zero-order valence-corrected chi connectivity index (χ0v) is 14.9. The number of carbonyl (C=O) groups excluding carboxylic acids is 2. The molecule has 2 amide bonds. The topological polar surface area (TPSA) is 86.7 Å². The summed E-state index contributed by atoms with van der Waals surface area (Å²) in [5.74, 6) is -1.19. The minimum atomic E-state index is -0.959. The second kappa shape index (κ2) is 8.34. The summed E-state index contributed by atoms with van der Waals surface area (Å²) >= 11 is 0. The van der Waals surface area contributed by atoms with E-state index in [4.69, 9.17) is 0 Å². The molecule has 26 heavy (non-hydrogen) atoms. The van der Waals surface area contributed by atoms with Crippen molar-refractivity contribution < 1.29 is 19.5 Å². The Morgan fingerprint density at radius 1 is 1.00 bits per heavy atom. The maximum atomic E-state index is 12.8. The highest BCUT2D eigenvalue weighted by Gasteiger charge is 2.32. The number of benzene rings is 1. The minimum Gasteiger partial charge on any atom is -0.480 e. The first-order valence-electron chi connectivity index (χ1n) is 9.51. The molecule has 140 valence electrons. The van der Waals surface area contributed by atoms with Crippen LogP contribution in [0.5, 0.6) is 0 Å². The predicted octanol–water partition coefficient (Wildman–Crippen LogP) is 3.28. The summed E-state index contributed by atoms with van der Waals surface area (Å²) in [4.78, 5) is 38.1. The van der Waals surface area contributed by atoms with Crippen LogP contribution in [0.25, 0.3) is 0 Å². The molecule has 2 N–H and O–H groups in total. The van der Waals surface area contributed by atoms with E-state index < -0.39 is 12.0 Å². The average Bonchev–Trinajstić information content (AvgIpc) is 2.68. The molecule has 6 heteroatoms. The van der Waals surface area contributed by atoms with Crippen LogP contribution in [-0.4, -0.2) is 40.4 Å². The quantitative estimate of drug-likeness (QED) is 0.865. The molecule has 0 spiro atoms. The van der Waals surface area contributed by atoms with Crippen LogP contribution in [0.3, 0.4) is 0 Å². The lowest BCUT2D eigenvalue weighted by Crippen LogP contribution is -2.48. The van der Waals surface area contributed by atoms with Gasteiger partial charge in [-0.3, -0.25) is 9.59 Å². The fourth-order valence-corrected chi connectivity index (χ4v) is 3.94. The van der Waals surface area contributed by atoms with Gasteiger partial charge >= 0.3 is 5.97 Å². The van der Waals surface area contributed by atoms with Crippen molar-refractivity contribution in [2.45, 2.75) is 57.4 Å². The third kappa shape index (κ3) is 4.23. The van der Waals surface area contributed by atoms with Gasteiger partial charge in [0, 0.05) is 23.7 Å². The largest absolute Gasteiger partial charge is 0.480 e. The lowest BCUT2D eigenvalue weighted by Gasteiger charge is -2.33. The minimum absolute atomic E-state index is 0.00989. The van der Waals surface area contributed by atoms with Gasteiger partial charge in [0.2, 0.25) is 5.91 Å². The summed E-state index contributed by atoms with van der Waals surface area (Å²) < 4.78 is 0. The van der Waals surface area contributed by atoms with Crippen LogP contribution in [0.2, 0.25) is 0 Å². The number of carbonyl (C=O) groups is 3. The van der Waals surface area contributed by atoms with Crippen LogP contribution in [0.15, 0.2) is 24.3 Å². The molecule has 2 aliphatic rings. The molecular formula is C20H26N2O4. The summed E-state index contributed by atoms with van der Waals surface area (Å²) in [5.41, 5.74) is 1.01. The van der Waals surface area contributed by atoms with E-state index in [-0.39, 0.29) is 17.7 Å². The van der Waals surface area contributed by atoms with E-state index in [1.807, 2.05) is 0 Å². The van der Waals surface area contributed by atoms with Crippen LogP contribution >= 0.6 is 0 Å². The molecule has 1 unspecified atom stereocenters. The summed E-state index contributed by atoms with van der Waals surface area (Å²) in [6.45, 7) is 0.453.